The summed E-state index contributed by atoms with van der Waals surface area (Å²) in [6.45, 7) is 2.27. The molecule has 0 radical (unpaired) electrons. The Kier molecular flexibility index (Phi) is 14.1. The van der Waals surface area contributed by atoms with Crippen LogP contribution in [-0.4, -0.2) is 96.1 Å². The maximum Gasteiger partial charge on any atom is 3.00 e. The summed E-state index contributed by atoms with van der Waals surface area (Å²) in [5.41, 5.74) is -0.183. The first-order valence-electron chi connectivity index (χ1n) is 13.0. The van der Waals surface area contributed by atoms with Gasteiger partial charge in [-0.25, -0.2) is 0 Å². The van der Waals surface area contributed by atoms with Gasteiger partial charge in [-0.05, 0) is 31.9 Å². The standard InChI is InChI=1S/C26H35N5O9.Tm/c1-2-40-25-22(23(36)24(25)37)27-8-4-7-19(26(38)39)31-11-9-29(15-20(32)33)13-17-5-3-6-18(28-17)14-30(10-12-31)16-21(34)35;/h3,5-6,19,27H,2,4,7-16H2,1H3,(H,32,33)(H,34,35)(H,38,39);/q;+3/p-3. The molecule has 1 aromatic carbocycles. The van der Waals surface area contributed by atoms with Gasteiger partial charge in [0.2, 0.25) is 0 Å². The van der Waals surface area contributed by atoms with Crippen molar-refractivity contribution in [2.45, 2.75) is 38.9 Å². The van der Waals surface area contributed by atoms with E-state index in [2.05, 4.69) is 10.3 Å². The van der Waals surface area contributed by atoms with Crippen molar-refractivity contribution in [2.24, 2.45) is 0 Å². The zero-order chi connectivity index (χ0) is 29.2. The van der Waals surface area contributed by atoms with Gasteiger partial charge < -0.3 is 39.8 Å². The van der Waals surface area contributed by atoms with Gasteiger partial charge in [0.05, 0.1) is 35.9 Å². The number of hydrogen-bond acceptors (Lipinski definition) is 14. The molecule has 15 heteroatoms. The van der Waals surface area contributed by atoms with E-state index in [-0.39, 0.29) is 120 Å². The number of carboxylic acids is 3. The smallest absolute Gasteiger partial charge is 0.549 e. The van der Waals surface area contributed by atoms with E-state index >= 15 is 0 Å². The molecule has 0 fully saturated rings. The first-order valence-corrected chi connectivity index (χ1v) is 13.0. The van der Waals surface area contributed by atoms with Crippen LogP contribution in [0.25, 0.3) is 0 Å². The Morgan fingerprint density at radius 2 is 1.51 bits per heavy atom. The van der Waals surface area contributed by atoms with Crippen molar-refractivity contribution in [2.75, 3.05) is 57.7 Å². The van der Waals surface area contributed by atoms with Crippen molar-refractivity contribution in [3.8, 4) is 5.75 Å². The van der Waals surface area contributed by atoms with E-state index in [1.807, 2.05) is 0 Å². The number of aliphatic carboxylic acids is 3. The zero-order valence-corrected chi connectivity index (χ0v) is 24.3. The van der Waals surface area contributed by atoms with Gasteiger partial charge in [-0.15, -0.1) is 0 Å². The quantitative estimate of drug-likeness (QED) is 0.153. The summed E-state index contributed by atoms with van der Waals surface area (Å²) in [6, 6.07) is 4.11. The second-order valence-electron chi connectivity index (χ2n) is 9.52. The van der Waals surface area contributed by atoms with Crippen LogP contribution < -0.4 is 36.2 Å². The number of nitrogens with one attached hydrogen (secondary N) is 1. The Balaban J connectivity index is 0.00000588. The van der Waals surface area contributed by atoms with Gasteiger partial charge in [0, 0.05) is 64.9 Å². The Morgan fingerprint density at radius 1 is 0.951 bits per heavy atom. The van der Waals surface area contributed by atoms with Crippen LogP contribution in [-0.2, 0) is 27.5 Å². The van der Waals surface area contributed by atoms with Gasteiger partial charge in [0.25, 0.3) is 10.9 Å². The number of carbonyl (C=O) groups excluding carboxylic acids is 3. The number of carbonyl (C=O) groups is 3. The second-order valence-corrected chi connectivity index (χ2v) is 9.52. The predicted molar refractivity (Wildman–Crippen MR) is 135 cm³/mol. The summed E-state index contributed by atoms with van der Waals surface area (Å²) < 4.78 is 5.17. The number of anilines is 1. The maximum absolute atomic E-state index is 12.2. The van der Waals surface area contributed by atoms with Crippen molar-refractivity contribution in [1.29, 1.82) is 0 Å². The molecule has 2 aromatic rings. The molecule has 0 saturated carbocycles. The minimum atomic E-state index is -1.35. The van der Waals surface area contributed by atoms with Crippen molar-refractivity contribution < 1.29 is 71.3 Å². The normalized spacial score (nSPS) is 16.1. The summed E-state index contributed by atoms with van der Waals surface area (Å²) in [6.07, 6.45) is 0.399. The van der Waals surface area contributed by atoms with Gasteiger partial charge in [-0.2, -0.15) is 0 Å². The minimum absolute atomic E-state index is 0. The monoisotopic (exact) mass is 727 g/mol. The predicted octanol–water partition coefficient (Wildman–Crippen LogP) is -4.49. The molecule has 1 unspecified atom stereocenters. The molecule has 1 N–H and O–H groups in total. The van der Waals surface area contributed by atoms with Gasteiger partial charge in [0.1, 0.15) is 5.69 Å². The number of fused-ring (bicyclic) bond motifs is 2. The van der Waals surface area contributed by atoms with E-state index < -0.39 is 34.8 Å². The van der Waals surface area contributed by atoms with Crippen LogP contribution in [0.5, 0.6) is 5.75 Å². The first kappa shape index (κ1) is 34.6. The molecule has 14 nitrogen and oxygen atoms in total. The average Bonchev–Trinajstić information content (AvgIpc) is 2.88. The molecule has 41 heavy (non-hydrogen) atoms. The molecule has 1 aliphatic rings. The molecule has 0 saturated heterocycles. The van der Waals surface area contributed by atoms with Gasteiger partial charge in [-0.1, -0.05) is 6.07 Å². The van der Waals surface area contributed by atoms with E-state index in [1.165, 1.54) is 0 Å². The van der Waals surface area contributed by atoms with Crippen LogP contribution in [0.3, 0.4) is 0 Å². The minimum Gasteiger partial charge on any atom is -0.549 e. The molecule has 1 aliphatic heterocycles. The Bertz CT molecular complexity index is 1220. The fourth-order valence-electron chi connectivity index (χ4n) is 4.69. The van der Waals surface area contributed by atoms with Crippen LogP contribution >= 0.6 is 0 Å². The van der Waals surface area contributed by atoms with E-state index in [1.54, 1.807) is 39.8 Å². The molecule has 2 heterocycles. The average molecular weight is 728 g/mol. The molecule has 3 rings (SSSR count). The number of pyridine rings is 1. The molecule has 228 valence electrons. The van der Waals surface area contributed by atoms with Crippen molar-refractivity contribution >= 4 is 23.6 Å². The second kappa shape index (κ2) is 16.7. The summed E-state index contributed by atoms with van der Waals surface area (Å²) in [5.74, 6) is -3.96. The molecular weight excluding hydrogens is 695 g/mol. The maximum atomic E-state index is 12.2. The summed E-state index contributed by atoms with van der Waals surface area (Å²) >= 11 is 0. The summed E-state index contributed by atoms with van der Waals surface area (Å²) in [5, 5.41) is 37.8. The van der Waals surface area contributed by atoms with Crippen LogP contribution in [0.15, 0.2) is 27.8 Å². The van der Waals surface area contributed by atoms with E-state index in [0.29, 0.717) is 17.8 Å². The fraction of sp³-hybridized carbons (Fsp3) is 0.538. The number of ether oxygens (including phenoxy) is 1. The SMILES string of the molecule is CCOc1c(NCCCC(C(=O)[O-])N2CCN(CC(=O)[O-])Cc3cccc(n3)CN(CC(=O)[O-])CC2)c(=O)c1=O.[Tm+3]. The van der Waals surface area contributed by atoms with Crippen LogP contribution in [0, 0.1) is 36.9 Å². The number of carboxylic acid groups (broad SMARTS) is 3. The van der Waals surface area contributed by atoms with Gasteiger partial charge in [0.15, 0.2) is 5.75 Å². The van der Waals surface area contributed by atoms with Crippen molar-refractivity contribution in [3.63, 3.8) is 0 Å². The fourth-order valence-corrected chi connectivity index (χ4v) is 4.69. The third kappa shape index (κ3) is 10.3. The molecule has 2 bridgehead atoms. The van der Waals surface area contributed by atoms with Crippen molar-refractivity contribution in [1.82, 2.24) is 19.7 Å². The molecule has 0 aliphatic carbocycles. The number of aromatic nitrogens is 1. The van der Waals surface area contributed by atoms with Gasteiger partial charge >= 0.3 is 36.9 Å². The van der Waals surface area contributed by atoms with E-state index in [4.69, 9.17) is 4.74 Å². The van der Waals surface area contributed by atoms with Crippen LogP contribution in [0.4, 0.5) is 5.69 Å². The molecule has 0 spiro atoms. The number of hydrogen-bond donors (Lipinski definition) is 1. The van der Waals surface area contributed by atoms with E-state index in [9.17, 15) is 39.3 Å². The number of nitrogens with zero attached hydrogens (tertiary/aromatic N) is 4. The van der Waals surface area contributed by atoms with Crippen molar-refractivity contribution in [3.05, 3.63) is 50.0 Å². The van der Waals surface area contributed by atoms with E-state index in [0.717, 1.165) is 0 Å². The Hall–Kier alpha value is -2.65. The third-order valence-electron chi connectivity index (χ3n) is 6.57. The Labute approximate surface area is 265 Å². The summed E-state index contributed by atoms with van der Waals surface area (Å²) in [4.78, 5) is 67.7. The first-order chi connectivity index (χ1) is 19.1. The third-order valence-corrected chi connectivity index (χ3v) is 6.57. The van der Waals surface area contributed by atoms with Crippen LogP contribution in [0.1, 0.15) is 31.2 Å². The van der Waals surface area contributed by atoms with Gasteiger partial charge in [-0.3, -0.25) is 29.3 Å². The molecule has 1 aromatic heterocycles. The number of rotatable bonds is 13. The molecular formula is C26H32N5O9Tm. The molecule has 1 atom stereocenters. The topological polar surface area (TPSA) is 198 Å². The zero-order valence-electron chi connectivity index (χ0n) is 22.5. The Morgan fingerprint density at radius 3 is 2.00 bits per heavy atom. The van der Waals surface area contributed by atoms with Crippen LogP contribution in [0.2, 0.25) is 0 Å². The largest absolute Gasteiger partial charge is 3.00 e. The molecule has 0 amide bonds. The summed E-state index contributed by atoms with van der Waals surface area (Å²) in [7, 11) is 0.